The summed E-state index contributed by atoms with van der Waals surface area (Å²) in [6.07, 6.45) is 0.886. The fourth-order valence-electron chi connectivity index (χ4n) is 0.923. The predicted molar refractivity (Wildman–Crippen MR) is 48.7 cm³/mol. The molecule has 0 heterocycles. The summed E-state index contributed by atoms with van der Waals surface area (Å²) in [5.74, 6) is -1.83. The molecule has 1 aromatic carbocycles. The Balaban J connectivity index is 3.12. The molecule has 78 valence electrons. The van der Waals surface area contributed by atoms with Gasteiger partial charge in [-0.1, -0.05) is 6.58 Å². The molecule has 0 bridgehead atoms. The van der Waals surface area contributed by atoms with Crippen LogP contribution >= 0.6 is 0 Å². The largest absolute Gasteiger partial charge is 0.432 e. The van der Waals surface area contributed by atoms with E-state index in [9.17, 15) is 19.3 Å². The zero-order valence-electron chi connectivity index (χ0n) is 7.47. The normalized spacial score (nSPS) is 9.40. The molecule has 1 aromatic rings. The standard InChI is InChI=1S/C9H6FNO4/c1-2-15-9(12)6-3-4-7(10)8(5-6)11(13)14/h2-5H,1H2. The maximum absolute atomic E-state index is 12.9. The first-order chi connectivity index (χ1) is 7.06. The summed E-state index contributed by atoms with van der Waals surface area (Å²) in [7, 11) is 0. The lowest BCUT2D eigenvalue weighted by Crippen LogP contribution is -2.02. The average Bonchev–Trinajstić information content (AvgIpc) is 2.18. The van der Waals surface area contributed by atoms with Crippen LogP contribution in [-0.4, -0.2) is 10.9 Å². The van der Waals surface area contributed by atoms with Crippen molar-refractivity contribution in [3.05, 3.63) is 52.5 Å². The third-order valence-corrected chi connectivity index (χ3v) is 1.57. The Labute approximate surface area is 83.9 Å². The Bertz CT molecular complexity index is 430. The van der Waals surface area contributed by atoms with E-state index in [2.05, 4.69) is 11.3 Å². The van der Waals surface area contributed by atoms with Gasteiger partial charge in [-0.15, -0.1) is 0 Å². The quantitative estimate of drug-likeness (QED) is 0.332. The van der Waals surface area contributed by atoms with E-state index in [0.29, 0.717) is 0 Å². The van der Waals surface area contributed by atoms with E-state index in [1.807, 2.05) is 0 Å². The summed E-state index contributed by atoms with van der Waals surface area (Å²) in [6, 6.07) is 2.73. The molecule has 0 atom stereocenters. The summed E-state index contributed by atoms with van der Waals surface area (Å²) in [5, 5.41) is 10.3. The van der Waals surface area contributed by atoms with E-state index in [1.54, 1.807) is 0 Å². The van der Waals surface area contributed by atoms with Crippen molar-refractivity contribution in [2.45, 2.75) is 0 Å². The lowest BCUT2D eigenvalue weighted by atomic mass is 10.2. The van der Waals surface area contributed by atoms with Crippen LogP contribution in [-0.2, 0) is 4.74 Å². The van der Waals surface area contributed by atoms with Crippen molar-refractivity contribution >= 4 is 11.7 Å². The fraction of sp³-hybridized carbons (Fsp3) is 0. The van der Waals surface area contributed by atoms with E-state index in [-0.39, 0.29) is 5.56 Å². The molecule has 0 aliphatic carbocycles. The van der Waals surface area contributed by atoms with Gasteiger partial charge >= 0.3 is 11.7 Å². The van der Waals surface area contributed by atoms with Gasteiger partial charge in [-0.25, -0.2) is 4.79 Å². The molecule has 1 rings (SSSR count). The predicted octanol–water partition coefficient (Wildman–Crippen LogP) is 2.03. The minimum atomic E-state index is -1.00. The van der Waals surface area contributed by atoms with Crippen molar-refractivity contribution in [2.75, 3.05) is 0 Å². The van der Waals surface area contributed by atoms with Crippen LogP contribution in [0.15, 0.2) is 31.0 Å². The van der Waals surface area contributed by atoms with Crippen molar-refractivity contribution in [1.82, 2.24) is 0 Å². The first-order valence-corrected chi connectivity index (χ1v) is 3.82. The van der Waals surface area contributed by atoms with Crippen molar-refractivity contribution in [3.63, 3.8) is 0 Å². The van der Waals surface area contributed by atoms with Gasteiger partial charge in [0.25, 0.3) is 0 Å². The van der Waals surface area contributed by atoms with E-state index < -0.39 is 22.4 Å². The zero-order chi connectivity index (χ0) is 11.4. The minimum Gasteiger partial charge on any atom is -0.432 e. The molecule has 0 aliphatic rings. The molecular weight excluding hydrogens is 205 g/mol. The summed E-state index contributed by atoms with van der Waals surface area (Å²) in [4.78, 5) is 20.5. The first-order valence-electron chi connectivity index (χ1n) is 3.82. The van der Waals surface area contributed by atoms with Gasteiger partial charge in [0.2, 0.25) is 5.82 Å². The second-order valence-corrected chi connectivity index (χ2v) is 2.50. The molecule has 15 heavy (non-hydrogen) atoms. The topological polar surface area (TPSA) is 69.4 Å². The number of carbonyl (C=O) groups excluding carboxylic acids is 1. The number of rotatable bonds is 3. The summed E-state index contributed by atoms with van der Waals surface area (Å²) < 4.78 is 17.2. The molecule has 0 spiro atoms. The highest BCUT2D eigenvalue weighted by Crippen LogP contribution is 2.18. The Morgan fingerprint density at radius 1 is 1.60 bits per heavy atom. The number of halogens is 1. The number of nitro benzene ring substituents is 1. The zero-order valence-corrected chi connectivity index (χ0v) is 7.47. The van der Waals surface area contributed by atoms with E-state index in [4.69, 9.17) is 0 Å². The Hall–Kier alpha value is -2.24. The lowest BCUT2D eigenvalue weighted by molar-refractivity contribution is -0.387. The van der Waals surface area contributed by atoms with Crippen LogP contribution in [0.1, 0.15) is 10.4 Å². The Morgan fingerprint density at radius 3 is 2.80 bits per heavy atom. The van der Waals surface area contributed by atoms with Gasteiger partial charge in [-0.05, 0) is 12.1 Å². The number of carbonyl (C=O) groups is 1. The fourth-order valence-corrected chi connectivity index (χ4v) is 0.923. The highest BCUT2D eigenvalue weighted by atomic mass is 19.1. The lowest BCUT2D eigenvalue weighted by Gasteiger charge is -1.99. The third-order valence-electron chi connectivity index (χ3n) is 1.57. The maximum Gasteiger partial charge on any atom is 0.343 e. The molecule has 0 amide bonds. The molecule has 0 saturated heterocycles. The van der Waals surface area contributed by atoms with Crippen LogP contribution in [0.4, 0.5) is 10.1 Å². The monoisotopic (exact) mass is 211 g/mol. The van der Waals surface area contributed by atoms with Crippen LogP contribution < -0.4 is 0 Å². The first kappa shape index (κ1) is 10.8. The number of hydrogen-bond donors (Lipinski definition) is 0. The minimum absolute atomic E-state index is 0.108. The molecule has 0 N–H and O–H groups in total. The number of ether oxygens (including phenoxy) is 1. The molecule has 0 radical (unpaired) electrons. The highest BCUT2D eigenvalue weighted by molar-refractivity contribution is 5.90. The van der Waals surface area contributed by atoms with E-state index in [1.165, 1.54) is 0 Å². The molecule has 0 fully saturated rings. The number of nitrogens with zero attached hydrogens (tertiary/aromatic N) is 1. The van der Waals surface area contributed by atoms with Crippen molar-refractivity contribution in [3.8, 4) is 0 Å². The number of nitro groups is 1. The highest BCUT2D eigenvalue weighted by Gasteiger charge is 2.17. The second-order valence-electron chi connectivity index (χ2n) is 2.50. The van der Waals surface area contributed by atoms with Crippen LogP contribution in [0.2, 0.25) is 0 Å². The molecule has 0 aliphatic heterocycles. The van der Waals surface area contributed by atoms with Crippen molar-refractivity contribution in [2.24, 2.45) is 0 Å². The van der Waals surface area contributed by atoms with Gasteiger partial charge in [0.15, 0.2) is 0 Å². The number of esters is 1. The molecule has 0 aromatic heterocycles. The number of benzene rings is 1. The molecule has 0 unspecified atom stereocenters. The summed E-state index contributed by atoms with van der Waals surface area (Å²) >= 11 is 0. The van der Waals surface area contributed by atoms with Crippen molar-refractivity contribution < 1.29 is 18.8 Å². The molecule has 6 heteroatoms. The van der Waals surface area contributed by atoms with E-state index >= 15 is 0 Å². The maximum atomic E-state index is 12.9. The van der Waals surface area contributed by atoms with Gasteiger partial charge < -0.3 is 4.74 Å². The van der Waals surface area contributed by atoms with Crippen molar-refractivity contribution in [1.29, 1.82) is 0 Å². The molecule has 5 nitrogen and oxygen atoms in total. The third kappa shape index (κ3) is 2.37. The van der Waals surface area contributed by atoms with E-state index in [0.717, 1.165) is 24.5 Å². The number of hydrogen-bond acceptors (Lipinski definition) is 4. The van der Waals surface area contributed by atoms with Gasteiger partial charge in [-0.2, -0.15) is 4.39 Å². The molecular formula is C9H6FNO4. The smallest absolute Gasteiger partial charge is 0.343 e. The van der Waals surface area contributed by atoms with Gasteiger partial charge in [0.1, 0.15) is 0 Å². The van der Waals surface area contributed by atoms with Crippen LogP contribution in [0.5, 0.6) is 0 Å². The van der Waals surface area contributed by atoms with Gasteiger partial charge in [-0.3, -0.25) is 10.1 Å². The van der Waals surface area contributed by atoms with Gasteiger partial charge in [0.05, 0.1) is 16.7 Å². The van der Waals surface area contributed by atoms with Crippen LogP contribution in [0.25, 0.3) is 0 Å². The van der Waals surface area contributed by atoms with Gasteiger partial charge in [0, 0.05) is 6.07 Å². The average molecular weight is 211 g/mol. The Kier molecular flexibility index (Phi) is 3.12. The van der Waals surface area contributed by atoms with Crippen LogP contribution in [0.3, 0.4) is 0 Å². The van der Waals surface area contributed by atoms with Crippen LogP contribution in [0, 0.1) is 15.9 Å². The Morgan fingerprint density at radius 2 is 2.27 bits per heavy atom. The second kappa shape index (κ2) is 4.32. The molecule has 0 saturated carbocycles. The SMILES string of the molecule is C=COC(=O)c1ccc(F)c([N+](=O)[O-])c1. The summed E-state index contributed by atoms with van der Waals surface area (Å²) in [5.41, 5.74) is -0.878. The summed E-state index contributed by atoms with van der Waals surface area (Å²) in [6.45, 7) is 3.15.